The Balaban J connectivity index is 1.92. The van der Waals surface area contributed by atoms with E-state index in [1.807, 2.05) is 0 Å². The molecule has 0 aromatic carbocycles. The Morgan fingerprint density at radius 3 is 2.42 bits per heavy atom. The monoisotopic (exact) mass is 168 g/mol. The molecule has 0 amide bonds. The first-order valence-corrected chi connectivity index (χ1v) is 5.30. The van der Waals surface area contributed by atoms with Gasteiger partial charge in [-0.15, -0.1) is 0 Å². The van der Waals surface area contributed by atoms with Crippen molar-refractivity contribution in [2.75, 3.05) is 6.54 Å². The van der Waals surface area contributed by atoms with Crippen molar-refractivity contribution in [2.24, 2.45) is 5.73 Å². The topological polar surface area (TPSA) is 29.3 Å². The number of likely N-dealkylation sites (tertiary alicyclic amines) is 1. The fourth-order valence-corrected chi connectivity index (χ4v) is 2.58. The molecule has 0 aromatic heterocycles. The van der Waals surface area contributed by atoms with E-state index in [4.69, 9.17) is 5.73 Å². The summed E-state index contributed by atoms with van der Waals surface area (Å²) in [7, 11) is 0. The number of nitrogens with two attached hydrogens (primary N) is 1. The lowest BCUT2D eigenvalue weighted by Gasteiger charge is -2.48. The summed E-state index contributed by atoms with van der Waals surface area (Å²) < 4.78 is 0. The maximum atomic E-state index is 6.11. The van der Waals surface area contributed by atoms with Gasteiger partial charge in [-0.25, -0.2) is 0 Å². The van der Waals surface area contributed by atoms with Gasteiger partial charge in [0.1, 0.15) is 0 Å². The fourth-order valence-electron chi connectivity index (χ4n) is 2.58. The molecular formula is C10H20N2. The van der Waals surface area contributed by atoms with E-state index in [0.29, 0.717) is 12.1 Å². The van der Waals surface area contributed by atoms with Crippen molar-refractivity contribution >= 4 is 0 Å². The van der Waals surface area contributed by atoms with Gasteiger partial charge in [-0.2, -0.15) is 0 Å². The van der Waals surface area contributed by atoms with E-state index in [9.17, 15) is 0 Å². The summed E-state index contributed by atoms with van der Waals surface area (Å²) in [6, 6.07) is 1.98. The number of hydrogen-bond acceptors (Lipinski definition) is 2. The van der Waals surface area contributed by atoms with Crippen LogP contribution in [0, 0.1) is 0 Å². The van der Waals surface area contributed by atoms with Gasteiger partial charge in [0, 0.05) is 24.7 Å². The molecule has 2 rings (SSSR count). The van der Waals surface area contributed by atoms with Crippen molar-refractivity contribution < 1.29 is 0 Å². The second kappa shape index (κ2) is 3.35. The van der Waals surface area contributed by atoms with Gasteiger partial charge in [0.15, 0.2) is 0 Å². The van der Waals surface area contributed by atoms with Gasteiger partial charge in [0.05, 0.1) is 0 Å². The second-order valence-corrected chi connectivity index (χ2v) is 4.39. The van der Waals surface area contributed by atoms with Crippen LogP contribution in [0.5, 0.6) is 0 Å². The standard InChI is InChI=1S/C10H20N2/c1-8-6-7-12(8)10-5-3-2-4-9(10)11/h8-10H,2-7,11H2,1H3/t8?,9-,10-/m1/s1. The Kier molecular flexibility index (Phi) is 2.37. The minimum Gasteiger partial charge on any atom is -0.326 e. The molecule has 2 heteroatoms. The van der Waals surface area contributed by atoms with Gasteiger partial charge in [0.25, 0.3) is 0 Å². The Morgan fingerprint density at radius 2 is 1.92 bits per heavy atom. The van der Waals surface area contributed by atoms with Crippen molar-refractivity contribution in [1.29, 1.82) is 0 Å². The number of rotatable bonds is 1. The van der Waals surface area contributed by atoms with Crippen LogP contribution in [0.3, 0.4) is 0 Å². The van der Waals surface area contributed by atoms with Crippen LogP contribution in [0.25, 0.3) is 0 Å². The first-order chi connectivity index (χ1) is 5.79. The summed E-state index contributed by atoms with van der Waals surface area (Å²) in [5.74, 6) is 0. The third-order valence-electron chi connectivity index (χ3n) is 3.58. The second-order valence-electron chi connectivity index (χ2n) is 4.39. The molecular weight excluding hydrogens is 148 g/mol. The van der Waals surface area contributed by atoms with Crippen molar-refractivity contribution in [2.45, 2.75) is 57.2 Å². The molecule has 3 atom stereocenters. The van der Waals surface area contributed by atoms with Gasteiger partial charge in [0.2, 0.25) is 0 Å². The van der Waals surface area contributed by atoms with Crippen molar-refractivity contribution in [3.05, 3.63) is 0 Å². The summed E-state index contributed by atoms with van der Waals surface area (Å²) in [5.41, 5.74) is 6.11. The van der Waals surface area contributed by atoms with E-state index in [1.165, 1.54) is 38.6 Å². The van der Waals surface area contributed by atoms with Crippen LogP contribution in [0.1, 0.15) is 39.0 Å². The summed E-state index contributed by atoms with van der Waals surface area (Å²) in [6.45, 7) is 3.62. The molecule has 1 saturated heterocycles. The first kappa shape index (κ1) is 8.52. The molecule has 1 aliphatic heterocycles. The lowest BCUT2D eigenvalue weighted by atomic mass is 9.86. The highest BCUT2D eigenvalue weighted by molar-refractivity contribution is 4.92. The van der Waals surface area contributed by atoms with Gasteiger partial charge in [-0.1, -0.05) is 12.8 Å². The SMILES string of the molecule is CC1CCN1[C@@H]1CCCC[C@H]1N. The van der Waals surface area contributed by atoms with Crippen LogP contribution in [-0.2, 0) is 0 Å². The molecule has 0 bridgehead atoms. The molecule has 0 spiro atoms. The van der Waals surface area contributed by atoms with Gasteiger partial charge in [-0.3, -0.25) is 4.90 Å². The van der Waals surface area contributed by atoms with Crippen molar-refractivity contribution in [1.82, 2.24) is 4.90 Å². The third-order valence-corrected chi connectivity index (χ3v) is 3.58. The van der Waals surface area contributed by atoms with Crippen LogP contribution >= 0.6 is 0 Å². The van der Waals surface area contributed by atoms with E-state index < -0.39 is 0 Å². The summed E-state index contributed by atoms with van der Waals surface area (Å²) in [4.78, 5) is 2.60. The van der Waals surface area contributed by atoms with Crippen LogP contribution in [-0.4, -0.2) is 29.6 Å². The molecule has 1 aliphatic carbocycles. The highest BCUT2D eigenvalue weighted by Gasteiger charge is 2.34. The molecule has 12 heavy (non-hydrogen) atoms. The van der Waals surface area contributed by atoms with Gasteiger partial charge >= 0.3 is 0 Å². The average molecular weight is 168 g/mol. The molecule has 70 valence electrons. The Labute approximate surface area is 75.1 Å². The predicted molar refractivity (Wildman–Crippen MR) is 51.0 cm³/mol. The highest BCUT2D eigenvalue weighted by atomic mass is 15.2. The summed E-state index contributed by atoms with van der Waals surface area (Å²) in [6.07, 6.45) is 6.70. The lowest BCUT2D eigenvalue weighted by Crippen LogP contribution is -2.58. The smallest absolute Gasteiger partial charge is 0.0250 e. The molecule has 1 heterocycles. The first-order valence-electron chi connectivity index (χ1n) is 5.30. The Bertz CT molecular complexity index is 158. The van der Waals surface area contributed by atoms with Gasteiger partial charge in [-0.05, 0) is 26.2 Å². The largest absolute Gasteiger partial charge is 0.326 e. The molecule has 0 radical (unpaired) electrons. The molecule has 2 aliphatic rings. The molecule has 1 saturated carbocycles. The molecule has 1 unspecified atom stereocenters. The minimum atomic E-state index is 0.460. The maximum absolute atomic E-state index is 6.11. The van der Waals surface area contributed by atoms with E-state index in [2.05, 4.69) is 11.8 Å². The molecule has 2 fully saturated rings. The van der Waals surface area contributed by atoms with Crippen LogP contribution in [0.4, 0.5) is 0 Å². The normalized spacial score (nSPS) is 44.0. The zero-order chi connectivity index (χ0) is 8.55. The van der Waals surface area contributed by atoms with Gasteiger partial charge < -0.3 is 5.73 Å². The fraction of sp³-hybridized carbons (Fsp3) is 1.00. The van der Waals surface area contributed by atoms with Crippen LogP contribution < -0.4 is 5.73 Å². The summed E-state index contributed by atoms with van der Waals surface area (Å²) >= 11 is 0. The molecule has 0 aromatic rings. The average Bonchev–Trinajstić information content (AvgIpc) is 2.06. The minimum absolute atomic E-state index is 0.460. The van der Waals surface area contributed by atoms with E-state index >= 15 is 0 Å². The van der Waals surface area contributed by atoms with E-state index in [1.54, 1.807) is 0 Å². The lowest BCUT2D eigenvalue weighted by molar-refractivity contribution is 0.0244. The highest BCUT2D eigenvalue weighted by Crippen LogP contribution is 2.28. The Hall–Kier alpha value is -0.0800. The van der Waals surface area contributed by atoms with Crippen LogP contribution in [0.15, 0.2) is 0 Å². The van der Waals surface area contributed by atoms with Crippen molar-refractivity contribution in [3.63, 3.8) is 0 Å². The number of hydrogen-bond donors (Lipinski definition) is 1. The predicted octanol–water partition coefficient (Wildman–Crippen LogP) is 1.35. The van der Waals surface area contributed by atoms with E-state index in [-0.39, 0.29) is 0 Å². The quantitative estimate of drug-likeness (QED) is 0.640. The number of nitrogens with zero attached hydrogens (tertiary/aromatic N) is 1. The molecule has 2 nitrogen and oxygen atoms in total. The third kappa shape index (κ3) is 1.38. The Morgan fingerprint density at radius 1 is 1.17 bits per heavy atom. The maximum Gasteiger partial charge on any atom is 0.0250 e. The van der Waals surface area contributed by atoms with Crippen molar-refractivity contribution in [3.8, 4) is 0 Å². The summed E-state index contributed by atoms with van der Waals surface area (Å²) in [5, 5.41) is 0. The van der Waals surface area contributed by atoms with Crippen LogP contribution in [0.2, 0.25) is 0 Å². The molecule has 2 N–H and O–H groups in total. The zero-order valence-corrected chi connectivity index (χ0v) is 8.00. The zero-order valence-electron chi connectivity index (χ0n) is 8.00. The van der Waals surface area contributed by atoms with E-state index in [0.717, 1.165) is 6.04 Å².